The summed E-state index contributed by atoms with van der Waals surface area (Å²) >= 11 is 3.04. The average molecular weight is 278 g/mol. The fourth-order valence-electron chi connectivity index (χ4n) is 1.13. The molecule has 1 aromatic rings. The second-order valence-corrected chi connectivity index (χ2v) is 4.04. The lowest BCUT2D eigenvalue weighted by Gasteiger charge is -2.15. The lowest BCUT2D eigenvalue weighted by Crippen LogP contribution is -2.18. The number of benzene rings is 1. The van der Waals surface area contributed by atoms with Gasteiger partial charge in [-0.25, -0.2) is 4.39 Å². The number of halogens is 2. The first kappa shape index (κ1) is 12.3. The largest absolute Gasteiger partial charge is 0.486 e. The molecule has 0 aliphatic carbocycles. The highest BCUT2D eigenvalue weighted by atomic mass is 79.9. The Bertz CT molecular complexity index is 346. The van der Waals surface area contributed by atoms with Crippen LogP contribution in [-0.2, 0) is 4.74 Å². The molecule has 0 amide bonds. The van der Waals surface area contributed by atoms with Crippen molar-refractivity contribution in [2.24, 2.45) is 0 Å². The fourth-order valence-corrected chi connectivity index (χ4v) is 1.49. The molecule has 0 aliphatic rings. The van der Waals surface area contributed by atoms with Gasteiger partial charge in [0.25, 0.3) is 0 Å². The van der Waals surface area contributed by atoms with Crippen LogP contribution in [-0.4, -0.2) is 19.8 Å². The van der Waals surface area contributed by atoms with Crippen molar-refractivity contribution in [3.05, 3.63) is 22.4 Å². The molecule has 0 fully saturated rings. The van der Waals surface area contributed by atoms with Crippen LogP contribution in [0.1, 0.15) is 6.92 Å². The molecule has 0 aliphatic heterocycles. The Balaban J connectivity index is 2.81. The SMILES string of the molecule is COCC(C)Oc1cc(F)c(Br)cc1N. The van der Waals surface area contributed by atoms with Crippen LogP contribution < -0.4 is 10.5 Å². The van der Waals surface area contributed by atoms with Crippen molar-refractivity contribution in [3.63, 3.8) is 0 Å². The van der Waals surface area contributed by atoms with Gasteiger partial charge in [0.2, 0.25) is 0 Å². The number of rotatable bonds is 4. The van der Waals surface area contributed by atoms with Crippen LogP contribution in [0.15, 0.2) is 16.6 Å². The molecule has 2 N–H and O–H groups in total. The summed E-state index contributed by atoms with van der Waals surface area (Å²) in [5.41, 5.74) is 6.07. The van der Waals surface area contributed by atoms with E-state index in [0.29, 0.717) is 22.5 Å². The Morgan fingerprint density at radius 2 is 2.20 bits per heavy atom. The van der Waals surface area contributed by atoms with Crippen LogP contribution in [0.2, 0.25) is 0 Å². The van der Waals surface area contributed by atoms with E-state index in [1.165, 1.54) is 12.1 Å². The summed E-state index contributed by atoms with van der Waals surface area (Å²) in [6.45, 7) is 2.25. The summed E-state index contributed by atoms with van der Waals surface area (Å²) in [5, 5.41) is 0. The predicted molar refractivity (Wildman–Crippen MR) is 60.5 cm³/mol. The van der Waals surface area contributed by atoms with E-state index in [2.05, 4.69) is 15.9 Å². The van der Waals surface area contributed by atoms with Crippen molar-refractivity contribution >= 4 is 21.6 Å². The first-order chi connectivity index (χ1) is 7.04. The fraction of sp³-hybridized carbons (Fsp3) is 0.400. The van der Waals surface area contributed by atoms with E-state index in [1.807, 2.05) is 6.92 Å². The second kappa shape index (κ2) is 5.32. The number of nitrogens with two attached hydrogens (primary N) is 1. The van der Waals surface area contributed by atoms with Crippen molar-refractivity contribution in [2.45, 2.75) is 13.0 Å². The Hall–Kier alpha value is -0.810. The van der Waals surface area contributed by atoms with E-state index >= 15 is 0 Å². The van der Waals surface area contributed by atoms with Crippen molar-refractivity contribution in [3.8, 4) is 5.75 Å². The van der Waals surface area contributed by atoms with Crippen molar-refractivity contribution in [1.82, 2.24) is 0 Å². The highest BCUT2D eigenvalue weighted by Crippen LogP contribution is 2.29. The van der Waals surface area contributed by atoms with E-state index in [0.717, 1.165) is 0 Å². The molecule has 0 bridgehead atoms. The predicted octanol–water partition coefficient (Wildman–Crippen LogP) is 2.58. The van der Waals surface area contributed by atoms with Crippen molar-refractivity contribution in [2.75, 3.05) is 19.5 Å². The minimum Gasteiger partial charge on any atom is -0.486 e. The number of ether oxygens (including phenoxy) is 2. The van der Waals surface area contributed by atoms with Gasteiger partial charge in [-0.1, -0.05) is 0 Å². The van der Waals surface area contributed by atoms with Gasteiger partial charge in [-0.05, 0) is 28.9 Å². The first-order valence-corrected chi connectivity index (χ1v) is 5.24. The number of methoxy groups -OCH3 is 1. The molecule has 0 radical (unpaired) electrons. The molecule has 1 unspecified atom stereocenters. The number of hydrogen-bond donors (Lipinski definition) is 1. The Labute approximate surface area is 96.5 Å². The van der Waals surface area contributed by atoms with Gasteiger partial charge in [0.1, 0.15) is 17.7 Å². The smallest absolute Gasteiger partial charge is 0.145 e. The molecule has 0 saturated heterocycles. The van der Waals surface area contributed by atoms with Crippen LogP contribution in [0.4, 0.5) is 10.1 Å². The van der Waals surface area contributed by atoms with E-state index in [-0.39, 0.29) is 6.10 Å². The second-order valence-electron chi connectivity index (χ2n) is 3.19. The highest BCUT2D eigenvalue weighted by molar-refractivity contribution is 9.10. The standard InChI is InChI=1S/C10H13BrFNO2/c1-6(5-14-2)15-10-4-8(12)7(11)3-9(10)13/h3-4,6H,5,13H2,1-2H3. The molecule has 1 rings (SSSR count). The van der Waals surface area contributed by atoms with Crippen LogP contribution in [0, 0.1) is 5.82 Å². The van der Waals surface area contributed by atoms with Crippen LogP contribution in [0.25, 0.3) is 0 Å². The van der Waals surface area contributed by atoms with Gasteiger partial charge in [0.15, 0.2) is 0 Å². The van der Waals surface area contributed by atoms with Gasteiger partial charge in [-0.2, -0.15) is 0 Å². The van der Waals surface area contributed by atoms with Crippen LogP contribution in [0.5, 0.6) is 5.75 Å². The molecular weight excluding hydrogens is 265 g/mol. The van der Waals surface area contributed by atoms with Crippen LogP contribution >= 0.6 is 15.9 Å². The topological polar surface area (TPSA) is 44.5 Å². The maximum atomic E-state index is 13.2. The number of nitrogen functional groups attached to an aromatic ring is 1. The Morgan fingerprint density at radius 1 is 1.53 bits per heavy atom. The van der Waals surface area contributed by atoms with Gasteiger partial charge in [-0.3, -0.25) is 0 Å². The van der Waals surface area contributed by atoms with E-state index in [1.54, 1.807) is 7.11 Å². The quantitative estimate of drug-likeness (QED) is 0.861. The monoisotopic (exact) mass is 277 g/mol. The molecule has 1 aromatic carbocycles. The third kappa shape index (κ3) is 3.35. The average Bonchev–Trinajstić information content (AvgIpc) is 2.14. The molecule has 0 saturated carbocycles. The summed E-state index contributed by atoms with van der Waals surface area (Å²) in [5.74, 6) is -0.0657. The Morgan fingerprint density at radius 3 is 2.80 bits per heavy atom. The molecule has 1 atom stereocenters. The van der Waals surface area contributed by atoms with E-state index in [4.69, 9.17) is 15.2 Å². The molecule has 5 heteroatoms. The summed E-state index contributed by atoms with van der Waals surface area (Å²) in [7, 11) is 1.57. The first-order valence-electron chi connectivity index (χ1n) is 4.44. The molecule has 3 nitrogen and oxygen atoms in total. The lowest BCUT2D eigenvalue weighted by molar-refractivity contribution is 0.0923. The molecular formula is C10H13BrFNO2. The van der Waals surface area contributed by atoms with Crippen molar-refractivity contribution in [1.29, 1.82) is 0 Å². The molecule has 0 aromatic heterocycles. The molecule has 0 heterocycles. The van der Waals surface area contributed by atoms with Gasteiger partial charge in [-0.15, -0.1) is 0 Å². The van der Waals surface area contributed by atoms with E-state index < -0.39 is 5.82 Å². The van der Waals surface area contributed by atoms with Gasteiger partial charge < -0.3 is 15.2 Å². The zero-order valence-electron chi connectivity index (χ0n) is 8.59. The zero-order valence-corrected chi connectivity index (χ0v) is 10.2. The summed E-state index contributed by atoms with van der Waals surface area (Å²) in [6.07, 6.45) is -0.169. The Kier molecular flexibility index (Phi) is 4.35. The maximum absolute atomic E-state index is 13.2. The lowest BCUT2D eigenvalue weighted by atomic mass is 10.3. The minimum atomic E-state index is -0.399. The van der Waals surface area contributed by atoms with Crippen molar-refractivity contribution < 1.29 is 13.9 Å². The number of anilines is 1. The molecule has 84 valence electrons. The molecule has 0 spiro atoms. The molecule has 15 heavy (non-hydrogen) atoms. The van der Waals surface area contributed by atoms with Gasteiger partial charge in [0.05, 0.1) is 16.8 Å². The summed E-state index contributed by atoms with van der Waals surface area (Å²) < 4.78 is 23.8. The van der Waals surface area contributed by atoms with Gasteiger partial charge in [0, 0.05) is 13.2 Å². The number of hydrogen-bond acceptors (Lipinski definition) is 3. The maximum Gasteiger partial charge on any atom is 0.145 e. The normalized spacial score (nSPS) is 12.5. The van der Waals surface area contributed by atoms with Crippen LogP contribution in [0.3, 0.4) is 0 Å². The minimum absolute atomic E-state index is 0.169. The third-order valence-corrected chi connectivity index (χ3v) is 2.39. The summed E-state index contributed by atoms with van der Waals surface area (Å²) in [4.78, 5) is 0. The zero-order chi connectivity index (χ0) is 11.4. The summed E-state index contributed by atoms with van der Waals surface area (Å²) in [6, 6.07) is 2.73. The van der Waals surface area contributed by atoms with E-state index in [9.17, 15) is 4.39 Å². The van der Waals surface area contributed by atoms with Gasteiger partial charge >= 0.3 is 0 Å². The highest BCUT2D eigenvalue weighted by Gasteiger charge is 2.10. The third-order valence-electron chi connectivity index (χ3n) is 1.78.